The molecule has 1 rings (SSSR count). The lowest BCUT2D eigenvalue weighted by molar-refractivity contribution is -0.137. The van der Waals surface area contributed by atoms with Gasteiger partial charge in [-0.15, -0.1) is 0 Å². The lowest BCUT2D eigenvalue weighted by atomic mass is 10.6. The molecule has 0 N–H and O–H groups in total. The zero-order valence-electron chi connectivity index (χ0n) is 6.85. The standard InChI is InChI=1S/C9H7F3O/c1-6(13)7-2-4-8(5-3-7)9(10,11)12/h2-5H,1H3/i2+1,3+1,4+1,5+1,7+1,8+1. The predicted octanol–water partition coefficient (Wildman–Crippen LogP) is 2.91. The first-order valence-electron chi connectivity index (χ1n) is 3.59. The normalized spacial score (nSPS) is 11.4. The Kier molecular flexibility index (Phi) is 2.40. The average molecular weight is 194 g/mol. The number of alkyl halides is 3. The maximum atomic E-state index is 12.0. The fourth-order valence-corrected chi connectivity index (χ4v) is 0.894. The van der Waals surface area contributed by atoms with Crippen LogP contribution in [0, 0.1) is 0 Å². The molecule has 0 bridgehead atoms. The van der Waals surface area contributed by atoms with Crippen LogP contribution in [0.1, 0.15) is 22.8 Å². The lowest BCUT2D eigenvalue weighted by Gasteiger charge is -2.05. The molecular weight excluding hydrogens is 187 g/mol. The molecule has 0 unspecified atom stereocenters. The Bertz CT molecular complexity index is 311. The van der Waals surface area contributed by atoms with Crippen LogP contribution < -0.4 is 0 Å². The van der Waals surface area contributed by atoms with Crippen molar-refractivity contribution in [1.82, 2.24) is 0 Å². The minimum atomic E-state index is -4.34. The van der Waals surface area contributed by atoms with Gasteiger partial charge in [0.05, 0.1) is 5.56 Å². The van der Waals surface area contributed by atoms with Crippen LogP contribution in [-0.2, 0) is 6.18 Å². The molecule has 0 saturated carbocycles. The molecule has 1 nitrogen and oxygen atoms in total. The van der Waals surface area contributed by atoms with Gasteiger partial charge in [0.2, 0.25) is 0 Å². The van der Waals surface area contributed by atoms with Gasteiger partial charge in [-0.3, -0.25) is 4.79 Å². The Hall–Kier alpha value is -1.32. The van der Waals surface area contributed by atoms with E-state index in [0.717, 1.165) is 12.1 Å². The minimum Gasteiger partial charge on any atom is -0.295 e. The average Bonchev–Trinajstić information content (AvgIpc) is 2.03. The maximum Gasteiger partial charge on any atom is 0.416 e. The summed E-state index contributed by atoms with van der Waals surface area (Å²) in [5.41, 5.74) is -0.453. The molecule has 0 saturated heterocycles. The number of ketones is 1. The van der Waals surface area contributed by atoms with Gasteiger partial charge in [-0.25, -0.2) is 0 Å². The number of Topliss-reactive ketones (excluding diaryl/α,β-unsaturated/α-hetero) is 1. The molecule has 0 fully saturated rings. The number of benzene rings is 1. The Morgan fingerprint density at radius 3 is 1.92 bits per heavy atom. The van der Waals surface area contributed by atoms with Crippen LogP contribution in [-0.4, -0.2) is 5.78 Å². The van der Waals surface area contributed by atoms with Gasteiger partial charge in [-0.2, -0.15) is 13.2 Å². The number of halogens is 3. The van der Waals surface area contributed by atoms with Crippen molar-refractivity contribution in [2.45, 2.75) is 13.1 Å². The van der Waals surface area contributed by atoms with Crippen molar-refractivity contribution >= 4 is 5.78 Å². The van der Waals surface area contributed by atoms with Gasteiger partial charge in [-0.1, -0.05) is 12.1 Å². The van der Waals surface area contributed by atoms with Crippen LogP contribution in [0.5, 0.6) is 0 Å². The van der Waals surface area contributed by atoms with E-state index in [1.54, 1.807) is 0 Å². The molecule has 0 aliphatic heterocycles. The van der Waals surface area contributed by atoms with Crippen LogP contribution in [0.3, 0.4) is 0 Å². The fraction of sp³-hybridized carbons (Fsp3) is 0.222. The van der Waals surface area contributed by atoms with Crippen LogP contribution in [0.4, 0.5) is 13.2 Å². The van der Waals surface area contributed by atoms with E-state index in [1.165, 1.54) is 19.1 Å². The molecule has 0 amide bonds. The Labute approximate surface area is 73.2 Å². The van der Waals surface area contributed by atoms with Gasteiger partial charge in [-0.05, 0) is 19.1 Å². The van der Waals surface area contributed by atoms with Gasteiger partial charge >= 0.3 is 6.18 Å². The summed E-state index contributed by atoms with van der Waals surface area (Å²) in [5, 5.41) is 0. The highest BCUT2D eigenvalue weighted by Gasteiger charge is 2.29. The van der Waals surface area contributed by atoms with Crippen molar-refractivity contribution in [1.29, 1.82) is 0 Å². The molecule has 1 aromatic carbocycles. The quantitative estimate of drug-likeness (QED) is 0.628. The Morgan fingerprint density at radius 1 is 1.15 bits per heavy atom. The van der Waals surface area contributed by atoms with Crippen LogP contribution in [0.15, 0.2) is 24.3 Å². The lowest BCUT2D eigenvalue weighted by Crippen LogP contribution is -2.05. The number of carbonyl (C=O) groups excluding carboxylic acids is 1. The van der Waals surface area contributed by atoms with Gasteiger partial charge in [0.15, 0.2) is 5.78 Å². The molecule has 1 aromatic rings. The third kappa shape index (κ3) is 2.31. The largest absolute Gasteiger partial charge is 0.416 e. The second-order valence-electron chi connectivity index (χ2n) is 2.63. The second kappa shape index (κ2) is 3.20. The molecule has 0 radical (unpaired) electrons. The van der Waals surface area contributed by atoms with Gasteiger partial charge in [0, 0.05) is 5.56 Å². The first-order chi connectivity index (χ1) is 5.91. The summed E-state index contributed by atoms with van der Waals surface area (Å²) < 4.78 is 36.1. The maximum absolute atomic E-state index is 12.0. The first-order valence-corrected chi connectivity index (χ1v) is 3.59. The Morgan fingerprint density at radius 2 is 1.62 bits per heavy atom. The smallest absolute Gasteiger partial charge is 0.295 e. The summed E-state index contributed by atoms with van der Waals surface area (Å²) in [6.07, 6.45) is -4.34. The highest BCUT2D eigenvalue weighted by Crippen LogP contribution is 2.28. The summed E-state index contributed by atoms with van der Waals surface area (Å²) in [7, 11) is 0. The summed E-state index contributed by atoms with van der Waals surface area (Å²) >= 11 is 0. The topological polar surface area (TPSA) is 17.1 Å². The van der Waals surface area contributed by atoms with E-state index in [0.29, 0.717) is 0 Å². The van der Waals surface area contributed by atoms with E-state index >= 15 is 0 Å². The molecule has 70 valence electrons. The van der Waals surface area contributed by atoms with Crippen molar-refractivity contribution in [3.8, 4) is 0 Å². The molecule has 0 aromatic heterocycles. The number of carbonyl (C=O) groups is 1. The van der Waals surface area contributed by atoms with Crippen molar-refractivity contribution in [2.75, 3.05) is 0 Å². The monoisotopic (exact) mass is 194 g/mol. The molecule has 0 aliphatic rings. The number of rotatable bonds is 1. The van der Waals surface area contributed by atoms with E-state index in [2.05, 4.69) is 0 Å². The fourth-order valence-electron chi connectivity index (χ4n) is 0.894. The zero-order valence-corrected chi connectivity index (χ0v) is 6.85. The molecular formula is C9H7F3O. The van der Waals surface area contributed by atoms with Gasteiger partial charge in [0.25, 0.3) is 0 Å². The molecule has 0 atom stereocenters. The van der Waals surface area contributed by atoms with E-state index in [1.807, 2.05) is 0 Å². The highest BCUT2D eigenvalue weighted by atomic mass is 19.4. The molecule has 0 aliphatic carbocycles. The SMILES string of the molecule is CC(=O)[13c]1[13cH][13cH][13c](C(F)(F)F)[13cH][13cH]1. The van der Waals surface area contributed by atoms with E-state index in [9.17, 15) is 18.0 Å². The van der Waals surface area contributed by atoms with Crippen molar-refractivity contribution in [3.63, 3.8) is 0 Å². The second-order valence-corrected chi connectivity index (χ2v) is 2.63. The van der Waals surface area contributed by atoms with Crippen LogP contribution >= 0.6 is 0 Å². The molecule has 0 heterocycles. The number of hydrogen-bond donors (Lipinski definition) is 0. The third-order valence-corrected chi connectivity index (χ3v) is 1.62. The molecule has 4 heteroatoms. The first kappa shape index (κ1) is 9.77. The van der Waals surface area contributed by atoms with E-state index in [-0.39, 0.29) is 11.3 Å². The molecule has 13 heavy (non-hydrogen) atoms. The van der Waals surface area contributed by atoms with Crippen LogP contribution in [0.25, 0.3) is 0 Å². The Balaban J connectivity index is 3.01. The predicted molar refractivity (Wildman–Crippen MR) is 41.4 cm³/mol. The van der Waals surface area contributed by atoms with E-state index < -0.39 is 11.7 Å². The number of hydrogen-bond acceptors (Lipinski definition) is 1. The molecule has 0 spiro atoms. The van der Waals surface area contributed by atoms with Gasteiger partial charge in [0.1, 0.15) is 0 Å². The van der Waals surface area contributed by atoms with Crippen molar-refractivity contribution in [2.24, 2.45) is 0 Å². The highest BCUT2D eigenvalue weighted by molar-refractivity contribution is 5.94. The summed E-state index contributed by atoms with van der Waals surface area (Å²) in [4.78, 5) is 10.7. The summed E-state index contributed by atoms with van der Waals surface area (Å²) in [5.74, 6) is -0.242. The van der Waals surface area contributed by atoms with E-state index in [4.69, 9.17) is 0 Å². The third-order valence-electron chi connectivity index (χ3n) is 1.62. The van der Waals surface area contributed by atoms with Crippen molar-refractivity contribution in [3.05, 3.63) is 35.4 Å². The van der Waals surface area contributed by atoms with Gasteiger partial charge < -0.3 is 0 Å². The minimum absolute atomic E-state index is 0.242. The summed E-state index contributed by atoms with van der Waals surface area (Å²) in [6, 6.07) is 4.14. The summed E-state index contributed by atoms with van der Waals surface area (Å²) in [6.45, 7) is 1.31. The zero-order chi connectivity index (χ0) is 10.1. The van der Waals surface area contributed by atoms with Crippen LogP contribution in [0.2, 0.25) is 0 Å². The van der Waals surface area contributed by atoms with Crippen molar-refractivity contribution < 1.29 is 18.0 Å².